The van der Waals surface area contributed by atoms with E-state index < -0.39 is 38.7 Å². The molecule has 0 aliphatic heterocycles. The van der Waals surface area contributed by atoms with E-state index in [2.05, 4.69) is 10.0 Å². The van der Waals surface area contributed by atoms with Gasteiger partial charge in [0.1, 0.15) is 5.60 Å². The van der Waals surface area contributed by atoms with E-state index in [1.54, 1.807) is 27.7 Å². The molecule has 156 valence electrons. The van der Waals surface area contributed by atoms with Crippen LogP contribution in [0.3, 0.4) is 0 Å². The maximum absolute atomic E-state index is 12.8. The first-order chi connectivity index (χ1) is 12.9. The largest absolute Gasteiger partial charge is 0.444 e. The molecule has 1 aromatic rings. The summed E-state index contributed by atoms with van der Waals surface area (Å²) in [7, 11) is -3.98. The van der Waals surface area contributed by atoms with Gasteiger partial charge in [0.2, 0.25) is 10.0 Å². The Morgan fingerprint density at radius 2 is 1.82 bits per heavy atom. The van der Waals surface area contributed by atoms with Crippen LogP contribution in [0.4, 0.5) is 10.5 Å². The number of carbonyl (C=O) groups excluding carboxylic acids is 1. The molecule has 1 amide bonds. The van der Waals surface area contributed by atoms with Crippen molar-refractivity contribution in [2.24, 2.45) is 0 Å². The number of amides is 1. The highest BCUT2D eigenvalue weighted by molar-refractivity contribution is 7.89. The summed E-state index contributed by atoms with van der Waals surface area (Å²) < 4.78 is 33.4. The molecule has 28 heavy (non-hydrogen) atoms. The van der Waals surface area contributed by atoms with Gasteiger partial charge >= 0.3 is 6.09 Å². The molecule has 2 rings (SSSR count). The van der Waals surface area contributed by atoms with Crippen molar-refractivity contribution in [1.29, 1.82) is 0 Å². The van der Waals surface area contributed by atoms with E-state index >= 15 is 0 Å². The molecule has 2 N–H and O–H groups in total. The molecule has 0 saturated heterocycles. The minimum atomic E-state index is -3.98. The second kappa shape index (κ2) is 8.44. The van der Waals surface area contributed by atoms with Crippen LogP contribution >= 0.6 is 0 Å². The average molecular weight is 413 g/mol. The fourth-order valence-corrected chi connectivity index (χ4v) is 4.45. The van der Waals surface area contributed by atoms with Gasteiger partial charge in [0.25, 0.3) is 5.69 Å². The summed E-state index contributed by atoms with van der Waals surface area (Å²) in [5, 5.41) is 13.8. The highest BCUT2D eigenvalue weighted by Crippen LogP contribution is 2.25. The van der Waals surface area contributed by atoms with Crippen LogP contribution in [0.15, 0.2) is 23.1 Å². The molecule has 1 aliphatic carbocycles. The van der Waals surface area contributed by atoms with Crippen LogP contribution in [0.25, 0.3) is 0 Å². The van der Waals surface area contributed by atoms with E-state index in [4.69, 9.17) is 4.74 Å². The van der Waals surface area contributed by atoms with Gasteiger partial charge in [-0.15, -0.1) is 0 Å². The van der Waals surface area contributed by atoms with Crippen molar-refractivity contribution in [3.05, 3.63) is 33.9 Å². The Hall–Kier alpha value is -2.20. The summed E-state index contributed by atoms with van der Waals surface area (Å²) in [6.45, 7) is 6.79. The van der Waals surface area contributed by atoms with Crippen LogP contribution in [0, 0.1) is 17.0 Å². The zero-order chi connectivity index (χ0) is 21.1. The van der Waals surface area contributed by atoms with E-state index in [-0.39, 0.29) is 10.6 Å². The van der Waals surface area contributed by atoms with Gasteiger partial charge in [-0.3, -0.25) is 10.1 Å². The van der Waals surface area contributed by atoms with E-state index in [1.165, 1.54) is 12.1 Å². The fraction of sp³-hybridized carbons (Fsp3) is 0.611. The Balaban J connectivity index is 2.17. The van der Waals surface area contributed by atoms with Gasteiger partial charge in [0, 0.05) is 23.7 Å². The van der Waals surface area contributed by atoms with Crippen LogP contribution in [-0.4, -0.2) is 37.1 Å². The molecular weight excluding hydrogens is 386 g/mol. The number of alkyl carbamates (subject to hydrolysis) is 1. The van der Waals surface area contributed by atoms with Crippen LogP contribution in [0.1, 0.15) is 52.0 Å². The van der Waals surface area contributed by atoms with E-state index in [9.17, 15) is 23.3 Å². The first kappa shape index (κ1) is 22.1. The van der Waals surface area contributed by atoms with E-state index in [0.717, 1.165) is 18.9 Å². The number of nitro groups is 1. The number of nitrogens with one attached hydrogen (secondary N) is 2. The van der Waals surface area contributed by atoms with Crippen LogP contribution in [0.5, 0.6) is 0 Å². The van der Waals surface area contributed by atoms with E-state index in [1.807, 2.05) is 0 Å². The zero-order valence-electron chi connectivity index (χ0n) is 16.5. The standard InChI is InChI=1S/C18H27N3O6S/c1-12-9-10-13(11-16(12)21(23)24)28(25,26)20-15-8-6-5-7-14(15)19-17(22)27-18(2,3)4/h9-11,14-15,20H,5-8H2,1-4H3,(H,19,22)/t14-,15-/m0/s1. The summed E-state index contributed by atoms with van der Waals surface area (Å²) >= 11 is 0. The fourth-order valence-electron chi connectivity index (χ4n) is 3.12. The maximum Gasteiger partial charge on any atom is 0.407 e. The third kappa shape index (κ3) is 5.90. The van der Waals surface area contributed by atoms with Gasteiger partial charge < -0.3 is 10.1 Å². The van der Waals surface area contributed by atoms with Gasteiger partial charge in [0.05, 0.1) is 9.82 Å². The zero-order valence-corrected chi connectivity index (χ0v) is 17.3. The lowest BCUT2D eigenvalue weighted by Crippen LogP contribution is -2.53. The highest BCUT2D eigenvalue weighted by Gasteiger charge is 2.32. The minimum Gasteiger partial charge on any atom is -0.444 e. The number of sulfonamides is 1. The quantitative estimate of drug-likeness (QED) is 0.564. The monoisotopic (exact) mass is 413 g/mol. The topological polar surface area (TPSA) is 128 Å². The van der Waals surface area contributed by atoms with Gasteiger partial charge in [-0.1, -0.05) is 18.9 Å². The lowest BCUT2D eigenvalue weighted by molar-refractivity contribution is -0.385. The predicted molar refractivity (Wildman–Crippen MR) is 104 cm³/mol. The number of carbonyl (C=O) groups is 1. The molecule has 1 aliphatic rings. The Morgan fingerprint density at radius 3 is 2.39 bits per heavy atom. The molecule has 9 nitrogen and oxygen atoms in total. The molecule has 0 unspecified atom stereocenters. The lowest BCUT2D eigenvalue weighted by Gasteiger charge is -2.33. The second-order valence-electron chi connectivity index (χ2n) is 7.97. The molecule has 1 aromatic carbocycles. The Bertz CT molecular complexity index is 847. The molecular formula is C18H27N3O6S. The molecule has 0 radical (unpaired) electrons. The molecule has 10 heteroatoms. The van der Waals surface area contributed by atoms with Gasteiger partial charge in [-0.05, 0) is 46.6 Å². The molecule has 0 bridgehead atoms. The van der Waals surface area contributed by atoms with Crippen LogP contribution in [0.2, 0.25) is 0 Å². The van der Waals surface area contributed by atoms with Gasteiger partial charge in [-0.2, -0.15) is 0 Å². The van der Waals surface area contributed by atoms with Crippen molar-refractivity contribution in [2.45, 2.75) is 76.0 Å². The maximum atomic E-state index is 12.8. The summed E-state index contributed by atoms with van der Waals surface area (Å²) in [6, 6.07) is 2.86. The molecule has 0 heterocycles. The van der Waals surface area contributed by atoms with Crippen LogP contribution < -0.4 is 10.0 Å². The van der Waals surface area contributed by atoms with Gasteiger partial charge in [0.15, 0.2) is 0 Å². The van der Waals surface area contributed by atoms with Gasteiger partial charge in [-0.25, -0.2) is 17.9 Å². The smallest absolute Gasteiger partial charge is 0.407 e. The van der Waals surface area contributed by atoms with Crippen molar-refractivity contribution < 1.29 is 22.9 Å². The van der Waals surface area contributed by atoms with Crippen molar-refractivity contribution >= 4 is 21.8 Å². The number of hydrogen-bond acceptors (Lipinski definition) is 6. The summed E-state index contributed by atoms with van der Waals surface area (Å²) in [5.74, 6) is 0. The van der Waals surface area contributed by atoms with E-state index in [0.29, 0.717) is 18.4 Å². The Morgan fingerprint density at radius 1 is 1.21 bits per heavy atom. The van der Waals surface area contributed by atoms with Crippen molar-refractivity contribution in [3.8, 4) is 0 Å². The number of aryl methyl sites for hydroxylation is 1. The molecule has 1 fully saturated rings. The molecule has 0 aromatic heterocycles. The summed E-state index contributed by atoms with van der Waals surface area (Å²) in [6.07, 6.45) is 2.23. The highest BCUT2D eigenvalue weighted by atomic mass is 32.2. The number of rotatable bonds is 5. The van der Waals surface area contributed by atoms with Crippen molar-refractivity contribution in [2.75, 3.05) is 0 Å². The van der Waals surface area contributed by atoms with Crippen LogP contribution in [-0.2, 0) is 14.8 Å². The summed E-state index contributed by atoms with van der Waals surface area (Å²) in [4.78, 5) is 22.4. The van der Waals surface area contributed by atoms with Crippen molar-refractivity contribution in [1.82, 2.24) is 10.0 Å². The first-order valence-corrected chi connectivity index (χ1v) is 10.6. The first-order valence-electron chi connectivity index (χ1n) is 9.16. The second-order valence-corrected chi connectivity index (χ2v) is 9.68. The number of hydrogen-bond donors (Lipinski definition) is 2. The number of nitro benzene ring substituents is 1. The predicted octanol–water partition coefficient (Wildman–Crippen LogP) is 3.02. The Labute approximate surface area is 165 Å². The lowest BCUT2D eigenvalue weighted by atomic mass is 9.91. The third-order valence-corrected chi connectivity index (χ3v) is 5.95. The Kier molecular flexibility index (Phi) is 6.66. The van der Waals surface area contributed by atoms with Crippen molar-refractivity contribution in [3.63, 3.8) is 0 Å². The third-order valence-electron chi connectivity index (χ3n) is 4.46. The average Bonchev–Trinajstić information content (AvgIpc) is 2.54. The summed E-state index contributed by atoms with van der Waals surface area (Å²) in [5.41, 5.74) is -0.532. The SMILES string of the molecule is Cc1ccc(S(=O)(=O)N[C@H]2CCCC[C@@H]2NC(=O)OC(C)(C)C)cc1[N+](=O)[O-]. The molecule has 0 spiro atoms. The molecule has 2 atom stereocenters. The number of benzene rings is 1. The number of nitrogens with zero attached hydrogens (tertiary/aromatic N) is 1. The normalized spacial score (nSPS) is 20.4. The molecule has 1 saturated carbocycles. The minimum absolute atomic E-state index is 0.175. The number of ether oxygens (including phenoxy) is 1.